The summed E-state index contributed by atoms with van der Waals surface area (Å²) >= 11 is 0. The van der Waals surface area contributed by atoms with Gasteiger partial charge < -0.3 is 5.32 Å². The van der Waals surface area contributed by atoms with Gasteiger partial charge in [0.05, 0.1) is 5.69 Å². The molecule has 1 heterocycles. The van der Waals surface area contributed by atoms with Crippen LogP contribution in [0, 0.1) is 6.92 Å². The highest BCUT2D eigenvalue weighted by Crippen LogP contribution is 2.20. The molecule has 1 aromatic carbocycles. The molecule has 1 aromatic heterocycles. The largest absolute Gasteiger partial charge is 0.380 e. The summed E-state index contributed by atoms with van der Waals surface area (Å²) < 4.78 is 25.1. The van der Waals surface area contributed by atoms with Gasteiger partial charge in [0.15, 0.2) is 0 Å². The molecule has 0 amide bonds. The lowest BCUT2D eigenvalue weighted by atomic mass is 10.1. The zero-order valence-electron chi connectivity index (χ0n) is 10.0. The first kappa shape index (κ1) is 12.5. The van der Waals surface area contributed by atoms with Gasteiger partial charge in [-0.3, -0.25) is 4.98 Å². The predicted molar refractivity (Wildman–Crippen MR) is 67.7 cm³/mol. The molecule has 94 valence electrons. The van der Waals surface area contributed by atoms with E-state index in [1.807, 2.05) is 19.1 Å². The molecule has 0 saturated heterocycles. The lowest BCUT2D eigenvalue weighted by Crippen LogP contribution is -2.00. The minimum absolute atomic E-state index is 0.0525. The number of aryl methyl sites for hydroxylation is 1. The van der Waals surface area contributed by atoms with Crippen molar-refractivity contribution in [2.24, 2.45) is 0 Å². The van der Waals surface area contributed by atoms with Crippen LogP contribution in [0.4, 0.5) is 14.5 Å². The Bertz CT molecular complexity index is 527. The van der Waals surface area contributed by atoms with Crippen LogP contribution in [0.2, 0.25) is 0 Å². The number of halogens is 2. The number of hydrogen-bond donors (Lipinski definition) is 1. The van der Waals surface area contributed by atoms with Crippen LogP contribution in [0.25, 0.3) is 0 Å². The number of nitrogens with one attached hydrogen (secondary N) is 1. The number of pyridine rings is 1. The van der Waals surface area contributed by atoms with Gasteiger partial charge in [0.2, 0.25) is 0 Å². The standard InChI is InChI=1S/C14H14F2N2/c1-10-5-13(9-17-7-10)18-8-11-3-2-4-12(6-11)14(15)16/h2-7,9,14,18H,8H2,1H3. The Morgan fingerprint density at radius 2 is 2.06 bits per heavy atom. The van der Waals surface area contributed by atoms with Crippen molar-refractivity contribution in [2.75, 3.05) is 5.32 Å². The van der Waals surface area contributed by atoms with Crippen LogP contribution in [0.5, 0.6) is 0 Å². The van der Waals surface area contributed by atoms with Gasteiger partial charge >= 0.3 is 0 Å². The number of hydrogen-bond acceptors (Lipinski definition) is 2. The Labute approximate surface area is 105 Å². The normalized spacial score (nSPS) is 10.7. The van der Waals surface area contributed by atoms with E-state index < -0.39 is 6.43 Å². The van der Waals surface area contributed by atoms with Gasteiger partial charge in [0.1, 0.15) is 0 Å². The third kappa shape index (κ3) is 3.26. The molecular formula is C14H14F2N2. The fourth-order valence-corrected chi connectivity index (χ4v) is 1.69. The summed E-state index contributed by atoms with van der Waals surface area (Å²) in [4.78, 5) is 4.06. The zero-order chi connectivity index (χ0) is 13.0. The fraction of sp³-hybridized carbons (Fsp3) is 0.214. The minimum atomic E-state index is -2.43. The molecule has 0 atom stereocenters. The first-order valence-corrected chi connectivity index (χ1v) is 5.67. The smallest absolute Gasteiger partial charge is 0.263 e. The van der Waals surface area contributed by atoms with E-state index in [9.17, 15) is 8.78 Å². The third-order valence-corrected chi connectivity index (χ3v) is 2.57. The van der Waals surface area contributed by atoms with Crippen molar-refractivity contribution in [3.63, 3.8) is 0 Å². The highest BCUT2D eigenvalue weighted by molar-refractivity contribution is 5.43. The molecule has 0 aliphatic rings. The maximum atomic E-state index is 12.5. The topological polar surface area (TPSA) is 24.9 Å². The van der Waals surface area contributed by atoms with E-state index in [1.54, 1.807) is 18.5 Å². The van der Waals surface area contributed by atoms with Crippen LogP contribution in [0.3, 0.4) is 0 Å². The zero-order valence-corrected chi connectivity index (χ0v) is 10.0. The molecule has 4 heteroatoms. The summed E-state index contributed by atoms with van der Waals surface area (Å²) in [6.45, 7) is 2.46. The van der Waals surface area contributed by atoms with Gasteiger partial charge in [0, 0.05) is 24.5 Å². The number of aromatic nitrogens is 1. The van der Waals surface area contributed by atoms with Gasteiger partial charge in [-0.15, -0.1) is 0 Å². The number of rotatable bonds is 4. The van der Waals surface area contributed by atoms with Crippen LogP contribution < -0.4 is 5.32 Å². The summed E-state index contributed by atoms with van der Waals surface area (Å²) in [5, 5.41) is 3.16. The van der Waals surface area contributed by atoms with Gasteiger partial charge in [-0.2, -0.15) is 0 Å². The minimum Gasteiger partial charge on any atom is -0.380 e. The van der Waals surface area contributed by atoms with Gasteiger partial charge in [-0.05, 0) is 30.2 Å². The van der Waals surface area contributed by atoms with Crippen LogP contribution >= 0.6 is 0 Å². The summed E-state index contributed by atoms with van der Waals surface area (Å²) in [5.74, 6) is 0. The molecule has 0 unspecified atom stereocenters. The van der Waals surface area contributed by atoms with Gasteiger partial charge in [0.25, 0.3) is 6.43 Å². The second kappa shape index (κ2) is 5.58. The Morgan fingerprint density at radius 3 is 2.78 bits per heavy atom. The molecule has 0 aliphatic carbocycles. The predicted octanol–water partition coefficient (Wildman–Crippen LogP) is 3.94. The maximum Gasteiger partial charge on any atom is 0.263 e. The average Bonchev–Trinajstić information content (AvgIpc) is 2.37. The molecule has 0 spiro atoms. The lowest BCUT2D eigenvalue weighted by molar-refractivity contribution is 0.151. The molecular weight excluding hydrogens is 234 g/mol. The van der Waals surface area contributed by atoms with Crippen molar-refractivity contribution < 1.29 is 8.78 Å². The summed E-state index contributed by atoms with van der Waals surface area (Å²) in [6.07, 6.45) is 1.05. The Balaban J connectivity index is 2.04. The number of nitrogens with zero attached hydrogens (tertiary/aromatic N) is 1. The van der Waals surface area contributed by atoms with Crippen LogP contribution in [-0.2, 0) is 6.54 Å². The highest BCUT2D eigenvalue weighted by atomic mass is 19.3. The Hall–Kier alpha value is -1.97. The quantitative estimate of drug-likeness (QED) is 0.886. The van der Waals surface area contributed by atoms with Crippen LogP contribution in [-0.4, -0.2) is 4.98 Å². The molecule has 0 saturated carbocycles. The first-order chi connectivity index (χ1) is 8.65. The summed E-state index contributed by atoms with van der Waals surface area (Å²) in [7, 11) is 0. The van der Waals surface area contributed by atoms with E-state index in [4.69, 9.17) is 0 Å². The maximum absolute atomic E-state index is 12.5. The molecule has 0 radical (unpaired) electrons. The van der Waals surface area contributed by atoms with E-state index >= 15 is 0 Å². The van der Waals surface area contributed by atoms with E-state index in [1.165, 1.54) is 12.1 Å². The molecule has 0 bridgehead atoms. The van der Waals surface area contributed by atoms with Crippen molar-refractivity contribution >= 4 is 5.69 Å². The molecule has 2 nitrogen and oxygen atoms in total. The molecule has 2 rings (SSSR count). The molecule has 1 N–H and O–H groups in total. The Kier molecular flexibility index (Phi) is 3.87. The van der Waals surface area contributed by atoms with Crippen molar-refractivity contribution in [3.8, 4) is 0 Å². The molecule has 0 fully saturated rings. The van der Waals surface area contributed by atoms with E-state index in [2.05, 4.69) is 10.3 Å². The van der Waals surface area contributed by atoms with E-state index in [-0.39, 0.29) is 5.56 Å². The van der Waals surface area contributed by atoms with E-state index in [0.717, 1.165) is 16.8 Å². The Morgan fingerprint density at radius 1 is 1.22 bits per heavy atom. The third-order valence-electron chi connectivity index (χ3n) is 2.57. The van der Waals surface area contributed by atoms with Crippen molar-refractivity contribution in [3.05, 3.63) is 59.4 Å². The molecule has 18 heavy (non-hydrogen) atoms. The van der Waals surface area contributed by atoms with Crippen LogP contribution in [0.15, 0.2) is 42.7 Å². The first-order valence-electron chi connectivity index (χ1n) is 5.67. The van der Waals surface area contributed by atoms with Crippen molar-refractivity contribution in [1.29, 1.82) is 0 Å². The van der Waals surface area contributed by atoms with Gasteiger partial charge in [-0.25, -0.2) is 8.78 Å². The average molecular weight is 248 g/mol. The SMILES string of the molecule is Cc1cncc(NCc2cccc(C(F)F)c2)c1. The number of alkyl halides is 2. The molecule has 2 aromatic rings. The van der Waals surface area contributed by atoms with Crippen LogP contribution in [0.1, 0.15) is 23.1 Å². The number of anilines is 1. The second-order valence-electron chi connectivity index (χ2n) is 4.15. The molecule has 0 aliphatic heterocycles. The second-order valence-corrected chi connectivity index (χ2v) is 4.15. The fourth-order valence-electron chi connectivity index (χ4n) is 1.69. The van der Waals surface area contributed by atoms with Gasteiger partial charge in [-0.1, -0.05) is 18.2 Å². The van der Waals surface area contributed by atoms with E-state index in [0.29, 0.717) is 6.54 Å². The summed E-state index contributed by atoms with van der Waals surface area (Å²) in [6, 6.07) is 8.38. The van der Waals surface area contributed by atoms with Crippen molar-refractivity contribution in [2.45, 2.75) is 19.9 Å². The summed E-state index contributed by atoms with van der Waals surface area (Å²) in [5.41, 5.74) is 2.82. The highest BCUT2D eigenvalue weighted by Gasteiger charge is 2.06. The monoisotopic (exact) mass is 248 g/mol. The van der Waals surface area contributed by atoms with Crippen molar-refractivity contribution in [1.82, 2.24) is 4.98 Å². The lowest BCUT2D eigenvalue weighted by Gasteiger charge is -2.08. The number of benzene rings is 1.